The Kier molecular flexibility index (Phi) is 3.83. The molecule has 6 nitrogen and oxygen atoms in total. The molecule has 1 aliphatic heterocycles. The number of fused-ring (bicyclic) bond motifs is 1. The predicted molar refractivity (Wildman–Crippen MR) is 72.6 cm³/mol. The van der Waals surface area contributed by atoms with Crippen molar-refractivity contribution in [1.29, 1.82) is 0 Å². The highest BCUT2D eigenvalue weighted by Crippen LogP contribution is 2.31. The highest BCUT2D eigenvalue weighted by molar-refractivity contribution is 7.88. The summed E-state index contributed by atoms with van der Waals surface area (Å²) in [6.07, 6.45) is 4.09. The summed E-state index contributed by atoms with van der Waals surface area (Å²) in [5.74, 6) is 0.290. The highest BCUT2D eigenvalue weighted by Gasteiger charge is 2.40. The van der Waals surface area contributed by atoms with E-state index in [9.17, 15) is 8.42 Å². The average molecular weight is 300 g/mol. The zero-order valence-corrected chi connectivity index (χ0v) is 12.4. The molecule has 1 aliphatic carbocycles. The van der Waals surface area contributed by atoms with Gasteiger partial charge in [-0.15, -0.1) is 0 Å². The molecule has 0 unspecified atom stereocenters. The van der Waals surface area contributed by atoms with Crippen molar-refractivity contribution in [3.8, 4) is 0 Å². The summed E-state index contributed by atoms with van der Waals surface area (Å²) >= 11 is 0. The Labute approximate surface area is 119 Å². The Balaban J connectivity index is 1.78. The largest absolute Gasteiger partial charge is 0.375 e. The van der Waals surface area contributed by atoms with Gasteiger partial charge in [0.25, 0.3) is 0 Å². The molecule has 1 aromatic rings. The minimum absolute atomic E-state index is 0.00785. The summed E-state index contributed by atoms with van der Waals surface area (Å²) in [7, 11) is -3.37. The molecule has 1 saturated carbocycles. The standard InChI is InChI=1S/C13H20N2O4S/c1-10-8-11(19-14-10)9-20(16,17)15-6-7-18-13-5-3-2-4-12(13)15/h8,12-13H,2-7,9H2,1H3/t12-,13+/m1/s1. The fraction of sp³-hybridized carbons (Fsp3) is 0.769. The third-order valence-electron chi connectivity index (χ3n) is 4.04. The van der Waals surface area contributed by atoms with E-state index in [0.717, 1.165) is 25.7 Å². The molecule has 1 aromatic heterocycles. The van der Waals surface area contributed by atoms with Crippen LogP contribution in [0, 0.1) is 6.92 Å². The first kappa shape index (κ1) is 14.0. The zero-order valence-electron chi connectivity index (χ0n) is 11.6. The highest BCUT2D eigenvalue weighted by atomic mass is 32.2. The van der Waals surface area contributed by atoms with E-state index in [1.165, 1.54) is 0 Å². The predicted octanol–water partition coefficient (Wildman–Crippen LogP) is 1.46. The van der Waals surface area contributed by atoms with Crippen molar-refractivity contribution in [3.05, 3.63) is 17.5 Å². The summed E-state index contributed by atoms with van der Waals surface area (Å²) in [6.45, 7) is 2.71. The van der Waals surface area contributed by atoms with Gasteiger partial charge >= 0.3 is 0 Å². The van der Waals surface area contributed by atoms with Gasteiger partial charge in [-0.25, -0.2) is 8.42 Å². The number of rotatable bonds is 3. The molecule has 2 heterocycles. The van der Waals surface area contributed by atoms with E-state index in [1.807, 2.05) is 0 Å². The Bertz CT molecular complexity index is 567. The molecule has 0 aromatic carbocycles. The van der Waals surface area contributed by atoms with Gasteiger partial charge in [0.1, 0.15) is 5.75 Å². The maximum absolute atomic E-state index is 12.6. The number of hydrogen-bond acceptors (Lipinski definition) is 5. The van der Waals surface area contributed by atoms with E-state index in [1.54, 1.807) is 17.3 Å². The summed E-state index contributed by atoms with van der Waals surface area (Å²) in [5, 5.41) is 3.74. The van der Waals surface area contributed by atoms with Gasteiger partial charge in [0, 0.05) is 12.6 Å². The van der Waals surface area contributed by atoms with Crippen molar-refractivity contribution < 1.29 is 17.7 Å². The number of sulfonamides is 1. The van der Waals surface area contributed by atoms with E-state index >= 15 is 0 Å². The van der Waals surface area contributed by atoms with Gasteiger partial charge in [-0.1, -0.05) is 18.0 Å². The molecular weight excluding hydrogens is 280 g/mol. The van der Waals surface area contributed by atoms with Crippen molar-refractivity contribution in [2.45, 2.75) is 50.5 Å². The van der Waals surface area contributed by atoms with Crippen LogP contribution in [0.1, 0.15) is 37.1 Å². The summed E-state index contributed by atoms with van der Waals surface area (Å²) in [4.78, 5) is 0. The van der Waals surface area contributed by atoms with Crippen LogP contribution in [0.3, 0.4) is 0 Å². The van der Waals surface area contributed by atoms with Crippen molar-refractivity contribution in [3.63, 3.8) is 0 Å². The monoisotopic (exact) mass is 300 g/mol. The Morgan fingerprint density at radius 2 is 2.20 bits per heavy atom. The lowest BCUT2D eigenvalue weighted by molar-refractivity contribution is -0.0587. The number of ether oxygens (including phenoxy) is 1. The molecule has 0 bridgehead atoms. The molecule has 20 heavy (non-hydrogen) atoms. The van der Waals surface area contributed by atoms with E-state index in [2.05, 4.69) is 5.16 Å². The van der Waals surface area contributed by atoms with Gasteiger partial charge in [0.05, 0.1) is 24.4 Å². The fourth-order valence-corrected chi connectivity index (χ4v) is 4.82. The number of aromatic nitrogens is 1. The molecule has 112 valence electrons. The first-order valence-corrected chi connectivity index (χ1v) is 8.70. The van der Waals surface area contributed by atoms with Crippen LogP contribution in [0.15, 0.2) is 10.6 Å². The molecule has 0 spiro atoms. The molecule has 7 heteroatoms. The van der Waals surface area contributed by atoms with Crippen molar-refractivity contribution in [1.82, 2.24) is 9.46 Å². The number of nitrogens with zero attached hydrogens (tertiary/aromatic N) is 2. The van der Waals surface area contributed by atoms with Crippen LogP contribution in [0.5, 0.6) is 0 Å². The molecule has 0 amide bonds. The summed E-state index contributed by atoms with van der Waals surface area (Å²) in [5.41, 5.74) is 0.702. The second-order valence-electron chi connectivity index (χ2n) is 5.56. The minimum Gasteiger partial charge on any atom is -0.375 e. The minimum atomic E-state index is -3.37. The van der Waals surface area contributed by atoms with E-state index < -0.39 is 10.0 Å². The van der Waals surface area contributed by atoms with Crippen LogP contribution in [0.4, 0.5) is 0 Å². The Morgan fingerprint density at radius 3 is 2.95 bits per heavy atom. The van der Waals surface area contributed by atoms with Gasteiger partial charge in [-0.05, 0) is 19.8 Å². The van der Waals surface area contributed by atoms with Gasteiger partial charge in [-0.3, -0.25) is 0 Å². The SMILES string of the molecule is Cc1cc(CS(=O)(=O)N2CCO[C@H]3CCCC[C@H]32)on1. The second kappa shape index (κ2) is 5.46. The number of hydrogen-bond donors (Lipinski definition) is 0. The lowest BCUT2D eigenvalue weighted by Crippen LogP contribution is -2.54. The Morgan fingerprint density at radius 1 is 1.40 bits per heavy atom. The van der Waals surface area contributed by atoms with Crippen LogP contribution < -0.4 is 0 Å². The zero-order chi connectivity index (χ0) is 14.2. The Hall–Kier alpha value is -0.920. The molecular formula is C13H20N2O4S. The van der Waals surface area contributed by atoms with Gasteiger partial charge in [0.15, 0.2) is 5.76 Å². The number of morpholine rings is 1. The summed E-state index contributed by atoms with van der Waals surface area (Å²) < 4.78 is 37.6. The summed E-state index contributed by atoms with van der Waals surface area (Å²) in [6, 6.07) is 1.67. The normalized spacial score (nSPS) is 28.2. The molecule has 3 rings (SSSR count). The van der Waals surface area contributed by atoms with Crippen LogP contribution in [-0.4, -0.2) is 43.2 Å². The number of aryl methyl sites for hydroxylation is 1. The van der Waals surface area contributed by atoms with Crippen LogP contribution in [0.25, 0.3) is 0 Å². The van der Waals surface area contributed by atoms with E-state index in [0.29, 0.717) is 24.6 Å². The molecule has 1 saturated heterocycles. The second-order valence-corrected chi connectivity index (χ2v) is 7.48. The molecule has 0 radical (unpaired) electrons. The molecule has 0 N–H and O–H groups in total. The van der Waals surface area contributed by atoms with E-state index in [-0.39, 0.29) is 17.9 Å². The van der Waals surface area contributed by atoms with Crippen molar-refractivity contribution in [2.75, 3.05) is 13.2 Å². The molecule has 2 fully saturated rings. The van der Waals surface area contributed by atoms with Crippen LogP contribution in [-0.2, 0) is 20.5 Å². The fourth-order valence-electron chi connectivity index (χ4n) is 3.15. The van der Waals surface area contributed by atoms with Gasteiger partial charge < -0.3 is 9.26 Å². The van der Waals surface area contributed by atoms with Crippen LogP contribution in [0.2, 0.25) is 0 Å². The van der Waals surface area contributed by atoms with E-state index in [4.69, 9.17) is 9.26 Å². The molecule has 2 atom stereocenters. The van der Waals surface area contributed by atoms with Gasteiger partial charge in [-0.2, -0.15) is 4.31 Å². The van der Waals surface area contributed by atoms with Gasteiger partial charge in [0.2, 0.25) is 10.0 Å². The average Bonchev–Trinajstić information content (AvgIpc) is 2.82. The first-order chi connectivity index (χ1) is 9.56. The lowest BCUT2D eigenvalue weighted by Gasteiger charge is -2.42. The smallest absolute Gasteiger partial charge is 0.221 e. The maximum atomic E-state index is 12.6. The topological polar surface area (TPSA) is 72.6 Å². The van der Waals surface area contributed by atoms with Crippen LogP contribution >= 0.6 is 0 Å². The lowest BCUT2D eigenvalue weighted by atomic mass is 9.91. The molecule has 2 aliphatic rings. The maximum Gasteiger partial charge on any atom is 0.221 e. The first-order valence-electron chi connectivity index (χ1n) is 7.09. The third-order valence-corrected chi connectivity index (χ3v) is 5.86. The quantitative estimate of drug-likeness (QED) is 0.845. The third kappa shape index (κ3) is 2.75. The van der Waals surface area contributed by atoms with Crippen molar-refractivity contribution >= 4 is 10.0 Å². The van der Waals surface area contributed by atoms with Crippen molar-refractivity contribution in [2.24, 2.45) is 0 Å².